The Balaban J connectivity index is 1.78. The molecule has 0 bridgehead atoms. The van der Waals surface area contributed by atoms with Crippen molar-refractivity contribution in [1.29, 1.82) is 0 Å². The maximum absolute atomic E-state index is 2.58. The number of hydrogen-bond donors (Lipinski definition) is 0. The van der Waals surface area contributed by atoms with E-state index in [4.69, 9.17) is 0 Å². The van der Waals surface area contributed by atoms with Crippen LogP contribution in [0.3, 0.4) is 0 Å². The maximum atomic E-state index is 2.58. The molecule has 2 aliphatic carbocycles. The third-order valence-corrected chi connectivity index (χ3v) is 8.85. The van der Waals surface area contributed by atoms with Crippen LogP contribution in [0.25, 0.3) is 17.2 Å². The molecule has 0 radical (unpaired) electrons. The summed E-state index contributed by atoms with van der Waals surface area (Å²) in [7, 11) is 0. The van der Waals surface area contributed by atoms with Gasteiger partial charge in [-0.3, -0.25) is 0 Å². The van der Waals surface area contributed by atoms with Crippen molar-refractivity contribution in [2.45, 2.75) is 75.3 Å². The van der Waals surface area contributed by atoms with Gasteiger partial charge in [0.2, 0.25) is 0 Å². The predicted molar refractivity (Wildman–Crippen MR) is 117 cm³/mol. The molecule has 0 aliphatic heterocycles. The summed E-state index contributed by atoms with van der Waals surface area (Å²) in [6, 6.07) is 16.0. The van der Waals surface area contributed by atoms with Gasteiger partial charge in [-0.1, -0.05) is 0 Å². The summed E-state index contributed by atoms with van der Waals surface area (Å²) in [5.41, 5.74) is 9.80. The molecule has 1 atom stereocenters. The molecule has 2 aromatic carbocycles. The first-order valence-corrected chi connectivity index (χ1v) is 12.4. The van der Waals surface area contributed by atoms with Crippen molar-refractivity contribution in [3.8, 4) is 11.1 Å². The predicted octanol–water partition coefficient (Wildman–Crippen LogP) is 8.00. The first kappa shape index (κ1) is 20.3. The third kappa shape index (κ3) is 3.65. The molecule has 0 amide bonds. The van der Waals surface area contributed by atoms with Gasteiger partial charge in [-0.05, 0) is 0 Å². The van der Waals surface area contributed by atoms with E-state index in [9.17, 15) is 0 Å². The third-order valence-electron chi connectivity index (χ3n) is 7.17. The zero-order valence-corrected chi connectivity index (χ0v) is 20.4. The summed E-state index contributed by atoms with van der Waals surface area (Å²) in [6.07, 6.45) is 11.0. The fourth-order valence-corrected chi connectivity index (χ4v) is 6.51. The van der Waals surface area contributed by atoms with Crippen molar-refractivity contribution in [1.82, 2.24) is 0 Å². The van der Waals surface area contributed by atoms with E-state index >= 15 is 0 Å². The molecule has 28 heavy (non-hydrogen) atoms. The van der Waals surface area contributed by atoms with E-state index in [1.807, 2.05) is 0 Å². The van der Waals surface area contributed by atoms with Crippen molar-refractivity contribution >= 4 is 6.08 Å². The zero-order valence-electron chi connectivity index (χ0n) is 17.9. The van der Waals surface area contributed by atoms with Gasteiger partial charge in [0.15, 0.2) is 0 Å². The van der Waals surface area contributed by atoms with Crippen LogP contribution >= 0.6 is 0 Å². The Morgan fingerprint density at radius 3 is 2.32 bits per heavy atom. The fraction of sp³-hybridized carbons (Fsp3) is 0.481. The van der Waals surface area contributed by atoms with E-state index in [2.05, 4.69) is 76.2 Å². The summed E-state index contributed by atoms with van der Waals surface area (Å²) in [5, 5.41) is 0. The summed E-state index contributed by atoms with van der Waals surface area (Å²) in [6.45, 7) is 9.40. The summed E-state index contributed by atoms with van der Waals surface area (Å²) in [5.74, 6) is 0. The second-order valence-electron chi connectivity index (χ2n) is 9.99. The van der Waals surface area contributed by atoms with Crippen molar-refractivity contribution < 1.29 is 24.7 Å². The van der Waals surface area contributed by atoms with Crippen LogP contribution in [0.15, 0.2) is 48.0 Å². The molecule has 1 saturated carbocycles. The van der Waals surface area contributed by atoms with Crippen LogP contribution in [0.2, 0.25) is 0 Å². The number of benzene rings is 2. The standard InChI is InChI=1S/C27H33.Zr/c1-5-27(15-8-9-16-27)19-20-17-21-11-10-13-22(24(21)18-20)23-12-6-7-14-25(23)26(2,3)4;/h6-7,10-14,17-18H,5,8-9,15-16,19H2,1-4H3;. The molecule has 2 aromatic rings. The molecule has 2 aliphatic rings. The van der Waals surface area contributed by atoms with E-state index in [0.29, 0.717) is 9.04 Å². The van der Waals surface area contributed by atoms with Gasteiger partial charge >= 0.3 is 187 Å². The molecule has 0 saturated heterocycles. The minimum absolute atomic E-state index is 0.151. The number of allylic oxidation sites excluding steroid dienone is 1. The molecule has 1 unspecified atom stereocenters. The van der Waals surface area contributed by atoms with Crippen molar-refractivity contribution in [3.05, 3.63) is 64.7 Å². The molecule has 0 N–H and O–H groups in total. The van der Waals surface area contributed by atoms with Crippen LogP contribution in [0.1, 0.15) is 86.5 Å². The topological polar surface area (TPSA) is 0 Å². The van der Waals surface area contributed by atoms with Gasteiger partial charge < -0.3 is 0 Å². The average Bonchev–Trinajstić information content (AvgIpc) is 3.27. The molecule has 145 valence electrons. The van der Waals surface area contributed by atoms with Crippen molar-refractivity contribution in [2.75, 3.05) is 0 Å². The van der Waals surface area contributed by atoms with Gasteiger partial charge in [0.05, 0.1) is 0 Å². The molecular weight excluding hydrogens is 416 g/mol. The second kappa shape index (κ2) is 7.72. The molecule has 1 heteroatoms. The molecule has 1 fully saturated rings. The Hall–Kier alpha value is -0.937. The van der Waals surface area contributed by atoms with Crippen LogP contribution in [-0.2, 0) is 30.1 Å². The van der Waals surface area contributed by atoms with E-state index in [1.54, 1.807) is 35.9 Å². The van der Waals surface area contributed by atoms with Crippen LogP contribution in [0.5, 0.6) is 0 Å². The Morgan fingerprint density at radius 1 is 0.964 bits per heavy atom. The molecule has 0 heterocycles. The quantitative estimate of drug-likeness (QED) is 0.444. The Morgan fingerprint density at radius 2 is 1.64 bits per heavy atom. The minimum atomic E-state index is 0.151. The Kier molecular flexibility index (Phi) is 5.61. The van der Waals surface area contributed by atoms with Crippen LogP contribution in [0.4, 0.5) is 0 Å². The number of rotatable bonds is 4. The van der Waals surface area contributed by atoms with Gasteiger partial charge in [0.25, 0.3) is 0 Å². The molecule has 0 spiro atoms. The van der Waals surface area contributed by atoms with E-state index in [-0.39, 0.29) is 5.41 Å². The monoisotopic (exact) mass is 447 g/mol. The first-order chi connectivity index (χ1) is 13.3. The Labute approximate surface area is 186 Å². The Bertz CT molecular complexity index is 891. The summed E-state index contributed by atoms with van der Waals surface area (Å²) >= 11 is 1.64. The van der Waals surface area contributed by atoms with Crippen molar-refractivity contribution in [3.63, 3.8) is 0 Å². The van der Waals surface area contributed by atoms with Gasteiger partial charge in [0.1, 0.15) is 0 Å². The van der Waals surface area contributed by atoms with Gasteiger partial charge in [0, 0.05) is 0 Å². The van der Waals surface area contributed by atoms with Crippen LogP contribution < -0.4 is 0 Å². The van der Waals surface area contributed by atoms with Gasteiger partial charge in [-0.2, -0.15) is 0 Å². The first-order valence-electron chi connectivity index (χ1n) is 11.0. The SMILES string of the molecule is CCC1(CC2=Cc3c(-c4ccccc4C(C)(C)C)cccc3[CH]2[Zr])CCCC1. The summed E-state index contributed by atoms with van der Waals surface area (Å²) < 4.78 is 0.646. The second-order valence-corrected chi connectivity index (χ2v) is 11.4. The molecule has 4 rings (SSSR count). The molecule has 0 aromatic heterocycles. The molecule has 0 nitrogen and oxygen atoms in total. The van der Waals surface area contributed by atoms with Crippen LogP contribution in [0, 0.1) is 5.41 Å². The molecular formula is C27H33Zr. The number of fused-ring (bicyclic) bond motifs is 1. The van der Waals surface area contributed by atoms with Gasteiger partial charge in [-0.15, -0.1) is 0 Å². The van der Waals surface area contributed by atoms with Gasteiger partial charge in [-0.25, -0.2) is 0 Å². The number of hydrogen-bond acceptors (Lipinski definition) is 0. The summed E-state index contributed by atoms with van der Waals surface area (Å²) in [4.78, 5) is 0. The van der Waals surface area contributed by atoms with E-state index in [1.165, 1.54) is 60.8 Å². The van der Waals surface area contributed by atoms with E-state index in [0.717, 1.165) is 0 Å². The average molecular weight is 449 g/mol. The van der Waals surface area contributed by atoms with Crippen LogP contribution in [-0.4, -0.2) is 0 Å². The zero-order chi connectivity index (χ0) is 19.9. The normalized spacial score (nSPS) is 20.8. The van der Waals surface area contributed by atoms with E-state index < -0.39 is 0 Å². The fourth-order valence-electron chi connectivity index (χ4n) is 5.44. The van der Waals surface area contributed by atoms with Crippen molar-refractivity contribution in [2.24, 2.45) is 5.41 Å².